The van der Waals surface area contributed by atoms with E-state index in [1.165, 1.54) is 0 Å². The average molecular weight is 186 g/mol. The molecule has 0 aromatic heterocycles. The molecule has 0 aliphatic carbocycles. The van der Waals surface area contributed by atoms with Crippen molar-refractivity contribution in [3.63, 3.8) is 0 Å². The summed E-state index contributed by atoms with van der Waals surface area (Å²) < 4.78 is 0. The zero-order chi connectivity index (χ0) is 9.68. The molecule has 1 aliphatic rings. The van der Waals surface area contributed by atoms with E-state index in [2.05, 4.69) is 10.6 Å². The number of aliphatic hydroxyl groups is 1. The highest BCUT2D eigenvalue weighted by Crippen LogP contribution is 2.05. The van der Waals surface area contributed by atoms with Gasteiger partial charge in [0, 0.05) is 0 Å². The molecular formula is C9H18N2O2. The minimum atomic E-state index is -0.0881. The fourth-order valence-electron chi connectivity index (χ4n) is 1.49. The van der Waals surface area contributed by atoms with E-state index in [1.807, 2.05) is 6.92 Å². The molecule has 4 heteroatoms. The van der Waals surface area contributed by atoms with Crippen molar-refractivity contribution in [3.05, 3.63) is 0 Å². The molecule has 0 bridgehead atoms. The van der Waals surface area contributed by atoms with Crippen LogP contribution < -0.4 is 10.6 Å². The molecular weight excluding hydrogens is 168 g/mol. The van der Waals surface area contributed by atoms with E-state index >= 15 is 0 Å². The van der Waals surface area contributed by atoms with Crippen molar-refractivity contribution in [3.8, 4) is 0 Å². The van der Waals surface area contributed by atoms with Crippen molar-refractivity contribution in [1.29, 1.82) is 0 Å². The van der Waals surface area contributed by atoms with Crippen molar-refractivity contribution in [1.82, 2.24) is 10.6 Å². The summed E-state index contributed by atoms with van der Waals surface area (Å²) in [5.74, 6) is 0.0263. The number of amides is 1. The highest BCUT2D eigenvalue weighted by Gasteiger charge is 2.23. The minimum absolute atomic E-state index is 0.0228. The van der Waals surface area contributed by atoms with Gasteiger partial charge in [0.15, 0.2) is 0 Å². The lowest BCUT2D eigenvalue weighted by atomic mass is 10.2. The van der Waals surface area contributed by atoms with E-state index in [1.54, 1.807) is 0 Å². The molecule has 1 saturated heterocycles. The monoisotopic (exact) mass is 186 g/mol. The zero-order valence-corrected chi connectivity index (χ0v) is 8.05. The van der Waals surface area contributed by atoms with Gasteiger partial charge in [0.25, 0.3) is 0 Å². The molecule has 1 aliphatic heterocycles. The van der Waals surface area contributed by atoms with E-state index in [0.29, 0.717) is 0 Å². The van der Waals surface area contributed by atoms with Gasteiger partial charge in [-0.2, -0.15) is 0 Å². The fraction of sp³-hybridized carbons (Fsp3) is 0.889. The predicted molar refractivity (Wildman–Crippen MR) is 50.3 cm³/mol. The van der Waals surface area contributed by atoms with Crippen LogP contribution >= 0.6 is 0 Å². The molecule has 13 heavy (non-hydrogen) atoms. The summed E-state index contributed by atoms with van der Waals surface area (Å²) in [6.45, 7) is 2.90. The second kappa shape index (κ2) is 5.19. The zero-order valence-electron chi connectivity index (χ0n) is 8.05. The molecule has 0 spiro atoms. The van der Waals surface area contributed by atoms with Crippen LogP contribution in [0.25, 0.3) is 0 Å². The fourth-order valence-corrected chi connectivity index (χ4v) is 1.49. The van der Waals surface area contributed by atoms with Crippen molar-refractivity contribution in [2.24, 2.45) is 0 Å². The van der Waals surface area contributed by atoms with E-state index in [-0.39, 0.29) is 24.6 Å². The third-order valence-corrected chi connectivity index (χ3v) is 2.44. The third-order valence-electron chi connectivity index (χ3n) is 2.44. The van der Waals surface area contributed by atoms with Crippen molar-refractivity contribution in [2.75, 3.05) is 13.2 Å². The number of hydrogen-bond acceptors (Lipinski definition) is 3. The van der Waals surface area contributed by atoms with Gasteiger partial charge in [-0.25, -0.2) is 0 Å². The Labute approximate surface area is 78.7 Å². The second-order valence-corrected chi connectivity index (χ2v) is 3.45. The van der Waals surface area contributed by atoms with E-state index in [9.17, 15) is 4.79 Å². The molecule has 2 atom stereocenters. The van der Waals surface area contributed by atoms with Gasteiger partial charge >= 0.3 is 0 Å². The summed E-state index contributed by atoms with van der Waals surface area (Å²) in [6.07, 6.45) is 2.75. The molecule has 0 aromatic rings. The normalized spacial score (nSPS) is 24.3. The quantitative estimate of drug-likeness (QED) is 0.561. The van der Waals surface area contributed by atoms with Crippen LogP contribution in [0.5, 0.6) is 0 Å². The molecule has 1 amide bonds. The smallest absolute Gasteiger partial charge is 0.237 e. The maximum absolute atomic E-state index is 11.5. The molecule has 1 heterocycles. The molecule has 1 unspecified atom stereocenters. The molecule has 1 fully saturated rings. The molecule has 3 N–H and O–H groups in total. The number of carbonyl (C=O) groups excluding carboxylic acids is 1. The van der Waals surface area contributed by atoms with Crippen LogP contribution in [0, 0.1) is 0 Å². The van der Waals surface area contributed by atoms with Gasteiger partial charge in [0.2, 0.25) is 5.91 Å². The first-order chi connectivity index (χ1) is 6.27. The summed E-state index contributed by atoms with van der Waals surface area (Å²) >= 11 is 0. The Morgan fingerprint density at radius 2 is 2.54 bits per heavy atom. The summed E-state index contributed by atoms with van der Waals surface area (Å²) in [5.41, 5.74) is 0. The van der Waals surface area contributed by atoms with Crippen molar-refractivity contribution < 1.29 is 9.90 Å². The number of aliphatic hydroxyl groups excluding tert-OH is 1. The summed E-state index contributed by atoms with van der Waals surface area (Å²) in [5, 5.41) is 14.8. The molecule has 1 rings (SSSR count). The maximum Gasteiger partial charge on any atom is 0.237 e. The van der Waals surface area contributed by atoms with Gasteiger partial charge in [-0.3, -0.25) is 4.79 Å². The molecule has 0 radical (unpaired) electrons. The molecule has 0 saturated carbocycles. The summed E-state index contributed by atoms with van der Waals surface area (Å²) in [4.78, 5) is 11.5. The van der Waals surface area contributed by atoms with Crippen LogP contribution in [0.4, 0.5) is 0 Å². The van der Waals surface area contributed by atoms with Gasteiger partial charge in [-0.1, -0.05) is 6.92 Å². The first kappa shape index (κ1) is 10.5. The van der Waals surface area contributed by atoms with E-state index < -0.39 is 0 Å². The first-order valence-electron chi connectivity index (χ1n) is 4.92. The standard InChI is InChI=1S/C9H18N2O2/c1-2-7(6-12)11-9(13)8-4-3-5-10-8/h7-8,10,12H,2-6H2,1H3,(H,11,13)/t7-,8?/m1/s1. The largest absolute Gasteiger partial charge is 0.394 e. The Hall–Kier alpha value is -0.610. The number of hydrogen-bond donors (Lipinski definition) is 3. The number of rotatable bonds is 4. The van der Waals surface area contributed by atoms with Gasteiger partial charge in [0.1, 0.15) is 0 Å². The van der Waals surface area contributed by atoms with Gasteiger partial charge in [-0.05, 0) is 25.8 Å². The van der Waals surface area contributed by atoms with Crippen molar-refractivity contribution >= 4 is 5.91 Å². The van der Waals surface area contributed by atoms with Crippen LogP contribution in [0.3, 0.4) is 0 Å². The van der Waals surface area contributed by atoms with Gasteiger partial charge < -0.3 is 15.7 Å². The Balaban J connectivity index is 2.30. The molecule has 76 valence electrons. The van der Waals surface area contributed by atoms with Crippen LogP contribution in [-0.2, 0) is 4.79 Å². The Bertz CT molecular complexity index is 163. The highest BCUT2D eigenvalue weighted by molar-refractivity contribution is 5.82. The van der Waals surface area contributed by atoms with E-state index in [0.717, 1.165) is 25.8 Å². The topological polar surface area (TPSA) is 61.4 Å². The Morgan fingerprint density at radius 1 is 1.77 bits per heavy atom. The Morgan fingerprint density at radius 3 is 3.00 bits per heavy atom. The van der Waals surface area contributed by atoms with Gasteiger partial charge in [-0.15, -0.1) is 0 Å². The Kier molecular flexibility index (Phi) is 4.18. The lowest BCUT2D eigenvalue weighted by Crippen LogP contribution is -2.46. The summed E-state index contributed by atoms with van der Waals surface area (Å²) in [6, 6.07) is -0.129. The second-order valence-electron chi connectivity index (χ2n) is 3.45. The first-order valence-corrected chi connectivity index (χ1v) is 4.92. The van der Waals surface area contributed by atoms with Crippen LogP contribution in [0.2, 0.25) is 0 Å². The predicted octanol–water partition coefficient (Wildman–Crippen LogP) is -0.374. The SMILES string of the molecule is CC[C@H](CO)NC(=O)C1CCCN1. The molecule has 0 aromatic carbocycles. The van der Waals surface area contributed by atoms with Crippen LogP contribution in [-0.4, -0.2) is 36.2 Å². The number of nitrogens with one attached hydrogen (secondary N) is 2. The third kappa shape index (κ3) is 2.97. The average Bonchev–Trinajstić information content (AvgIpc) is 2.66. The van der Waals surface area contributed by atoms with E-state index in [4.69, 9.17) is 5.11 Å². The lowest BCUT2D eigenvalue weighted by Gasteiger charge is -2.17. The van der Waals surface area contributed by atoms with Crippen LogP contribution in [0.15, 0.2) is 0 Å². The van der Waals surface area contributed by atoms with Gasteiger partial charge in [0.05, 0.1) is 18.7 Å². The molecule has 4 nitrogen and oxygen atoms in total. The van der Waals surface area contributed by atoms with Crippen molar-refractivity contribution in [2.45, 2.75) is 38.3 Å². The summed E-state index contributed by atoms with van der Waals surface area (Å²) in [7, 11) is 0. The minimum Gasteiger partial charge on any atom is -0.394 e. The highest BCUT2D eigenvalue weighted by atomic mass is 16.3. The lowest BCUT2D eigenvalue weighted by molar-refractivity contribution is -0.123. The number of carbonyl (C=O) groups is 1. The van der Waals surface area contributed by atoms with Crippen LogP contribution in [0.1, 0.15) is 26.2 Å². The maximum atomic E-state index is 11.5.